The van der Waals surface area contributed by atoms with E-state index < -0.39 is 0 Å². The largest absolute Gasteiger partial charge is 0.461 e. The minimum absolute atomic E-state index is 0.337. The number of nitrogens with one attached hydrogen (secondary N) is 1. The second-order valence-corrected chi connectivity index (χ2v) is 4.84. The number of esters is 1. The molecule has 18 heavy (non-hydrogen) atoms. The van der Waals surface area contributed by atoms with Gasteiger partial charge in [0.25, 0.3) is 0 Å². The van der Waals surface area contributed by atoms with Gasteiger partial charge in [0.15, 0.2) is 0 Å². The number of halogens is 2. The molecule has 100 valence electrons. The average Bonchev–Trinajstić information content (AvgIpc) is 2.37. The van der Waals surface area contributed by atoms with Crippen LogP contribution in [0.25, 0.3) is 0 Å². The number of ether oxygens (including phenoxy) is 1. The number of hydrogen-bond donors (Lipinski definition) is 1. The Morgan fingerprint density at radius 2 is 2.11 bits per heavy atom. The number of carbonyl (C=O) groups is 1. The molecule has 0 aromatic heterocycles. The van der Waals surface area contributed by atoms with Crippen LogP contribution in [0.5, 0.6) is 0 Å². The number of rotatable bonds is 6. The van der Waals surface area contributed by atoms with Crippen LogP contribution in [-0.2, 0) is 4.74 Å². The minimum atomic E-state index is -0.389. The van der Waals surface area contributed by atoms with Gasteiger partial charge in [-0.15, -0.1) is 0 Å². The molecule has 0 amide bonds. The molecule has 1 rings (SSSR count). The molecule has 3 nitrogen and oxygen atoms in total. The van der Waals surface area contributed by atoms with Crippen LogP contribution in [0.15, 0.2) is 18.2 Å². The molecule has 0 aliphatic rings. The highest BCUT2D eigenvalue weighted by Gasteiger charge is 2.09. The summed E-state index contributed by atoms with van der Waals surface area (Å²) in [7, 11) is 0. The molecule has 0 aliphatic carbocycles. The summed E-state index contributed by atoms with van der Waals surface area (Å²) < 4.78 is 5.11. The Hall–Kier alpha value is -0.770. The van der Waals surface area contributed by atoms with Gasteiger partial charge in [-0.1, -0.05) is 30.1 Å². The van der Waals surface area contributed by atoms with E-state index in [1.165, 1.54) is 6.07 Å². The molecule has 1 atom stereocenters. The third-order valence-electron chi connectivity index (χ3n) is 2.60. The summed E-state index contributed by atoms with van der Waals surface area (Å²) in [5, 5.41) is 4.01. The number of hydrogen-bond acceptors (Lipinski definition) is 3. The van der Waals surface area contributed by atoms with Crippen LogP contribution in [0, 0.1) is 0 Å². The first-order valence-corrected chi connectivity index (χ1v) is 6.65. The van der Waals surface area contributed by atoms with E-state index in [2.05, 4.69) is 19.2 Å². The molecular weight excluding hydrogens is 273 g/mol. The van der Waals surface area contributed by atoms with E-state index in [1.54, 1.807) is 12.1 Å². The Balaban J connectivity index is 2.39. The number of carbonyl (C=O) groups excluding carboxylic acids is 1. The van der Waals surface area contributed by atoms with Gasteiger partial charge in [-0.2, -0.15) is 0 Å². The van der Waals surface area contributed by atoms with Crippen LogP contribution < -0.4 is 5.32 Å². The molecule has 1 N–H and O–H groups in total. The standard InChI is InChI=1S/C13H17Cl2NO2/c1-3-9(2)16-6-7-18-13(17)10-4-5-11(14)12(15)8-10/h4-5,8-9,16H,3,6-7H2,1-2H3. The first-order chi connectivity index (χ1) is 8.54. The molecule has 0 radical (unpaired) electrons. The fourth-order valence-corrected chi connectivity index (χ4v) is 1.60. The monoisotopic (exact) mass is 289 g/mol. The fourth-order valence-electron chi connectivity index (χ4n) is 1.30. The van der Waals surface area contributed by atoms with Crippen molar-refractivity contribution in [2.24, 2.45) is 0 Å². The van der Waals surface area contributed by atoms with Crippen molar-refractivity contribution >= 4 is 29.2 Å². The third kappa shape index (κ3) is 4.84. The van der Waals surface area contributed by atoms with Gasteiger partial charge in [0.05, 0.1) is 15.6 Å². The van der Waals surface area contributed by atoms with Gasteiger partial charge in [-0.25, -0.2) is 4.79 Å². The Morgan fingerprint density at radius 3 is 2.72 bits per heavy atom. The van der Waals surface area contributed by atoms with Gasteiger partial charge >= 0.3 is 5.97 Å². The summed E-state index contributed by atoms with van der Waals surface area (Å²) in [6.45, 7) is 5.16. The Labute approximate surface area is 117 Å². The van der Waals surface area contributed by atoms with E-state index in [4.69, 9.17) is 27.9 Å². The number of benzene rings is 1. The Kier molecular flexibility index (Phi) is 6.47. The summed E-state index contributed by atoms with van der Waals surface area (Å²) >= 11 is 11.6. The maximum atomic E-state index is 11.7. The molecule has 0 aliphatic heterocycles. The van der Waals surface area contributed by atoms with Gasteiger partial charge in [-0.3, -0.25) is 0 Å². The summed E-state index contributed by atoms with van der Waals surface area (Å²) in [6.07, 6.45) is 1.04. The molecule has 1 aromatic rings. The molecule has 0 fully saturated rings. The lowest BCUT2D eigenvalue weighted by atomic mass is 10.2. The summed E-state index contributed by atoms with van der Waals surface area (Å²) in [6, 6.07) is 5.11. The van der Waals surface area contributed by atoms with E-state index in [9.17, 15) is 4.79 Å². The first-order valence-electron chi connectivity index (χ1n) is 5.90. The highest BCUT2D eigenvalue weighted by Crippen LogP contribution is 2.22. The molecule has 1 aromatic carbocycles. The molecule has 0 saturated heterocycles. The molecule has 0 heterocycles. The van der Waals surface area contributed by atoms with E-state index in [-0.39, 0.29) is 5.97 Å². The van der Waals surface area contributed by atoms with Crippen LogP contribution in [-0.4, -0.2) is 25.2 Å². The smallest absolute Gasteiger partial charge is 0.338 e. The van der Waals surface area contributed by atoms with Gasteiger partial charge in [-0.05, 0) is 31.5 Å². The Bertz CT molecular complexity index is 410. The minimum Gasteiger partial charge on any atom is -0.461 e. The van der Waals surface area contributed by atoms with Crippen LogP contribution in [0.1, 0.15) is 30.6 Å². The second kappa shape index (κ2) is 7.62. The van der Waals surface area contributed by atoms with Crippen molar-refractivity contribution in [3.63, 3.8) is 0 Å². The molecule has 0 saturated carbocycles. The van der Waals surface area contributed by atoms with Crippen LogP contribution in [0.2, 0.25) is 10.0 Å². The molecule has 1 unspecified atom stereocenters. The molecule has 0 bridgehead atoms. The van der Waals surface area contributed by atoms with Gasteiger partial charge in [0.1, 0.15) is 6.61 Å². The maximum Gasteiger partial charge on any atom is 0.338 e. The quantitative estimate of drug-likeness (QED) is 0.643. The third-order valence-corrected chi connectivity index (χ3v) is 3.33. The second-order valence-electron chi connectivity index (χ2n) is 4.03. The van der Waals surface area contributed by atoms with Crippen LogP contribution in [0.3, 0.4) is 0 Å². The highest BCUT2D eigenvalue weighted by molar-refractivity contribution is 6.42. The van der Waals surface area contributed by atoms with Crippen molar-refractivity contribution in [3.8, 4) is 0 Å². The lowest BCUT2D eigenvalue weighted by Gasteiger charge is -2.11. The summed E-state index contributed by atoms with van der Waals surface area (Å²) in [4.78, 5) is 11.7. The Morgan fingerprint density at radius 1 is 1.39 bits per heavy atom. The van der Waals surface area contributed by atoms with E-state index in [0.29, 0.717) is 34.8 Å². The zero-order valence-corrected chi connectivity index (χ0v) is 12.0. The molecule has 5 heteroatoms. The zero-order valence-electron chi connectivity index (χ0n) is 10.5. The van der Waals surface area contributed by atoms with Gasteiger partial charge in [0, 0.05) is 12.6 Å². The van der Waals surface area contributed by atoms with E-state index in [1.807, 2.05) is 0 Å². The van der Waals surface area contributed by atoms with Crippen molar-refractivity contribution < 1.29 is 9.53 Å². The SMILES string of the molecule is CCC(C)NCCOC(=O)c1ccc(Cl)c(Cl)c1. The van der Waals surface area contributed by atoms with Crippen LogP contribution in [0.4, 0.5) is 0 Å². The van der Waals surface area contributed by atoms with E-state index in [0.717, 1.165) is 6.42 Å². The first kappa shape index (κ1) is 15.3. The van der Waals surface area contributed by atoms with Crippen LogP contribution >= 0.6 is 23.2 Å². The summed E-state index contributed by atoms with van der Waals surface area (Å²) in [5.74, 6) is -0.389. The van der Waals surface area contributed by atoms with Crippen molar-refractivity contribution in [2.45, 2.75) is 26.3 Å². The molecule has 0 spiro atoms. The van der Waals surface area contributed by atoms with Crippen molar-refractivity contribution in [2.75, 3.05) is 13.2 Å². The molecular formula is C13H17Cl2NO2. The fraction of sp³-hybridized carbons (Fsp3) is 0.462. The maximum absolute atomic E-state index is 11.7. The van der Waals surface area contributed by atoms with Gasteiger partial charge in [0.2, 0.25) is 0 Å². The predicted octanol–water partition coefficient (Wildman–Crippen LogP) is 3.54. The average molecular weight is 290 g/mol. The van der Waals surface area contributed by atoms with Gasteiger partial charge < -0.3 is 10.1 Å². The topological polar surface area (TPSA) is 38.3 Å². The van der Waals surface area contributed by atoms with Crippen molar-refractivity contribution in [1.29, 1.82) is 0 Å². The van der Waals surface area contributed by atoms with E-state index >= 15 is 0 Å². The highest BCUT2D eigenvalue weighted by atomic mass is 35.5. The van der Waals surface area contributed by atoms with Crippen molar-refractivity contribution in [3.05, 3.63) is 33.8 Å². The zero-order chi connectivity index (χ0) is 13.5. The lowest BCUT2D eigenvalue weighted by Crippen LogP contribution is -2.29. The predicted molar refractivity (Wildman–Crippen MR) is 74.5 cm³/mol. The normalized spacial score (nSPS) is 12.2. The van der Waals surface area contributed by atoms with Crippen molar-refractivity contribution in [1.82, 2.24) is 5.32 Å². The lowest BCUT2D eigenvalue weighted by molar-refractivity contribution is 0.0506. The summed E-state index contributed by atoms with van der Waals surface area (Å²) in [5.41, 5.74) is 0.410.